The van der Waals surface area contributed by atoms with Gasteiger partial charge in [-0.15, -0.1) is 11.3 Å². The van der Waals surface area contributed by atoms with Crippen molar-refractivity contribution in [2.75, 3.05) is 19.4 Å². The van der Waals surface area contributed by atoms with Crippen LogP contribution in [-0.4, -0.2) is 40.0 Å². The van der Waals surface area contributed by atoms with Crippen LogP contribution in [0.15, 0.2) is 42.7 Å². The molecule has 0 aliphatic carbocycles. The molecule has 1 N–H and O–H groups in total. The molecule has 3 heterocycles. The van der Waals surface area contributed by atoms with Gasteiger partial charge in [0.15, 0.2) is 6.10 Å². The Labute approximate surface area is 162 Å². The van der Waals surface area contributed by atoms with E-state index in [9.17, 15) is 4.79 Å². The van der Waals surface area contributed by atoms with E-state index in [1.165, 1.54) is 16.2 Å². The molecule has 0 spiro atoms. The Morgan fingerprint density at radius 3 is 2.78 bits per heavy atom. The Morgan fingerprint density at radius 1 is 1.22 bits per heavy atom. The Morgan fingerprint density at radius 2 is 2.04 bits per heavy atom. The zero-order chi connectivity index (χ0) is 19.4. The standard InChI is InChI=1S/C19H21N5O2S/c1-12-8-9-20-17(10-12)23-16-7-5-6-14(22-16)15-11-21-18(27-15)13(2)26-19(25)24(3)4/h5-11,13H,1-4H3,(H,20,22,23). The molecule has 1 amide bonds. The summed E-state index contributed by atoms with van der Waals surface area (Å²) in [5, 5.41) is 3.93. The predicted molar refractivity (Wildman–Crippen MR) is 106 cm³/mol. The first-order valence-electron chi connectivity index (χ1n) is 8.43. The first kappa shape index (κ1) is 18.8. The minimum Gasteiger partial charge on any atom is -0.439 e. The molecule has 1 atom stereocenters. The van der Waals surface area contributed by atoms with Gasteiger partial charge in [0.25, 0.3) is 0 Å². The summed E-state index contributed by atoms with van der Waals surface area (Å²) in [4.78, 5) is 27.3. The molecule has 0 saturated carbocycles. The van der Waals surface area contributed by atoms with Gasteiger partial charge in [-0.25, -0.2) is 19.7 Å². The molecule has 140 valence electrons. The maximum Gasteiger partial charge on any atom is 0.409 e. The summed E-state index contributed by atoms with van der Waals surface area (Å²) < 4.78 is 5.35. The molecule has 0 aliphatic heterocycles. The van der Waals surface area contributed by atoms with E-state index in [2.05, 4.69) is 20.3 Å². The Hall–Kier alpha value is -3.00. The van der Waals surface area contributed by atoms with Crippen LogP contribution < -0.4 is 5.32 Å². The summed E-state index contributed by atoms with van der Waals surface area (Å²) in [5.74, 6) is 1.45. The fourth-order valence-electron chi connectivity index (χ4n) is 2.28. The van der Waals surface area contributed by atoms with Crippen molar-refractivity contribution >= 4 is 29.1 Å². The molecular formula is C19H21N5O2S. The van der Waals surface area contributed by atoms with Gasteiger partial charge in [0.2, 0.25) is 0 Å². The van der Waals surface area contributed by atoms with E-state index in [4.69, 9.17) is 4.74 Å². The van der Waals surface area contributed by atoms with Crippen molar-refractivity contribution in [3.63, 3.8) is 0 Å². The van der Waals surface area contributed by atoms with Crippen molar-refractivity contribution in [2.24, 2.45) is 0 Å². The Bertz CT molecular complexity index is 941. The van der Waals surface area contributed by atoms with Crippen molar-refractivity contribution in [1.29, 1.82) is 0 Å². The average molecular weight is 383 g/mol. The number of pyridine rings is 2. The van der Waals surface area contributed by atoms with Gasteiger partial charge in [-0.2, -0.15) is 0 Å². The van der Waals surface area contributed by atoms with Gasteiger partial charge in [0.05, 0.1) is 10.6 Å². The zero-order valence-corrected chi connectivity index (χ0v) is 16.4. The normalized spacial score (nSPS) is 11.7. The van der Waals surface area contributed by atoms with Gasteiger partial charge < -0.3 is 15.0 Å². The number of aromatic nitrogens is 3. The molecule has 0 fully saturated rings. The van der Waals surface area contributed by atoms with Crippen LogP contribution in [-0.2, 0) is 4.74 Å². The predicted octanol–water partition coefficient (Wildman–Crippen LogP) is 4.41. The lowest BCUT2D eigenvalue weighted by Crippen LogP contribution is -2.23. The van der Waals surface area contributed by atoms with E-state index in [-0.39, 0.29) is 0 Å². The summed E-state index contributed by atoms with van der Waals surface area (Å²) in [5.41, 5.74) is 1.92. The van der Waals surface area contributed by atoms with Crippen molar-refractivity contribution in [2.45, 2.75) is 20.0 Å². The second-order valence-electron chi connectivity index (χ2n) is 6.23. The highest BCUT2D eigenvalue weighted by Crippen LogP contribution is 2.30. The van der Waals surface area contributed by atoms with Crippen molar-refractivity contribution < 1.29 is 9.53 Å². The summed E-state index contributed by atoms with van der Waals surface area (Å²) in [6.45, 7) is 3.82. The van der Waals surface area contributed by atoms with Crippen LogP contribution in [0, 0.1) is 6.92 Å². The van der Waals surface area contributed by atoms with Crippen molar-refractivity contribution in [3.05, 3.63) is 53.3 Å². The van der Waals surface area contributed by atoms with Gasteiger partial charge in [0, 0.05) is 26.5 Å². The summed E-state index contributed by atoms with van der Waals surface area (Å²) in [6, 6.07) is 9.63. The van der Waals surface area contributed by atoms with Crippen LogP contribution in [0.1, 0.15) is 23.6 Å². The minimum atomic E-state index is -0.420. The number of nitrogens with one attached hydrogen (secondary N) is 1. The van der Waals surface area contributed by atoms with Gasteiger partial charge >= 0.3 is 6.09 Å². The number of carbonyl (C=O) groups excluding carboxylic acids is 1. The number of aryl methyl sites for hydroxylation is 1. The van der Waals surface area contributed by atoms with Crippen LogP contribution in [0.3, 0.4) is 0 Å². The first-order valence-corrected chi connectivity index (χ1v) is 9.25. The number of carbonyl (C=O) groups is 1. The fraction of sp³-hybridized carbons (Fsp3) is 0.263. The summed E-state index contributed by atoms with van der Waals surface area (Å²) in [7, 11) is 3.29. The lowest BCUT2D eigenvalue weighted by atomic mass is 10.3. The number of amides is 1. The van der Waals surface area contributed by atoms with Gasteiger partial charge in [-0.3, -0.25) is 0 Å². The second kappa shape index (κ2) is 8.13. The van der Waals surface area contributed by atoms with Gasteiger partial charge in [0.1, 0.15) is 16.6 Å². The van der Waals surface area contributed by atoms with E-state index >= 15 is 0 Å². The van der Waals surface area contributed by atoms with E-state index in [0.29, 0.717) is 5.82 Å². The second-order valence-corrected chi connectivity index (χ2v) is 7.30. The highest BCUT2D eigenvalue weighted by molar-refractivity contribution is 7.15. The van der Waals surface area contributed by atoms with Crippen LogP contribution in [0.4, 0.5) is 16.4 Å². The largest absolute Gasteiger partial charge is 0.439 e. The quantitative estimate of drug-likeness (QED) is 0.703. The summed E-state index contributed by atoms with van der Waals surface area (Å²) >= 11 is 1.45. The third kappa shape index (κ3) is 4.79. The number of thiazole rings is 1. The third-order valence-corrected chi connectivity index (χ3v) is 4.87. The van der Waals surface area contributed by atoms with Gasteiger partial charge in [-0.1, -0.05) is 6.07 Å². The fourth-order valence-corrected chi connectivity index (χ4v) is 3.15. The lowest BCUT2D eigenvalue weighted by molar-refractivity contribution is 0.0825. The van der Waals surface area contributed by atoms with Crippen LogP contribution in [0.2, 0.25) is 0 Å². The molecule has 7 nitrogen and oxygen atoms in total. The summed E-state index contributed by atoms with van der Waals surface area (Å²) in [6.07, 6.45) is 2.69. The topological polar surface area (TPSA) is 80.2 Å². The molecule has 8 heteroatoms. The number of hydrogen-bond acceptors (Lipinski definition) is 7. The average Bonchev–Trinajstić information content (AvgIpc) is 3.12. The molecule has 0 bridgehead atoms. The van der Waals surface area contributed by atoms with Crippen LogP contribution in [0.5, 0.6) is 0 Å². The lowest BCUT2D eigenvalue weighted by Gasteiger charge is -2.14. The van der Waals surface area contributed by atoms with Crippen molar-refractivity contribution in [3.8, 4) is 10.6 Å². The SMILES string of the molecule is Cc1ccnc(Nc2cccc(-c3cnc(C(C)OC(=O)N(C)C)s3)n2)c1. The molecule has 1 unspecified atom stereocenters. The smallest absolute Gasteiger partial charge is 0.409 e. The number of ether oxygens (including phenoxy) is 1. The molecule has 0 aromatic carbocycles. The molecular weight excluding hydrogens is 362 g/mol. The maximum absolute atomic E-state index is 11.7. The molecule has 3 aromatic heterocycles. The van der Waals surface area contributed by atoms with E-state index < -0.39 is 12.2 Å². The van der Waals surface area contributed by atoms with Crippen molar-refractivity contribution in [1.82, 2.24) is 19.9 Å². The van der Waals surface area contributed by atoms with Crippen LogP contribution >= 0.6 is 11.3 Å². The van der Waals surface area contributed by atoms with E-state index in [0.717, 1.165) is 27.0 Å². The van der Waals surface area contributed by atoms with Gasteiger partial charge in [-0.05, 0) is 43.7 Å². The molecule has 0 saturated heterocycles. The highest BCUT2D eigenvalue weighted by Gasteiger charge is 2.17. The number of nitrogens with zero attached hydrogens (tertiary/aromatic N) is 4. The first-order chi connectivity index (χ1) is 12.9. The third-order valence-electron chi connectivity index (χ3n) is 3.69. The number of anilines is 2. The molecule has 0 aliphatic rings. The Balaban J connectivity index is 1.75. The molecule has 3 rings (SSSR count). The minimum absolute atomic E-state index is 0.394. The number of rotatable bonds is 5. The molecule has 0 radical (unpaired) electrons. The van der Waals surface area contributed by atoms with E-state index in [1.807, 2.05) is 37.3 Å². The number of hydrogen-bond donors (Lipinski definition) is 1. The maximum atomic E-state index is 11.7. The zero-order valence-electron chi connectivity index (χ0n) is 15.6. The Kier molecular flexibility index (Phi) is 5.66. The van der Waals surface area contributed by atoms with E-state index in [1.54, 1.807) is 33.4 Å². The highest BCUT2D eigenvalue weighted by atomic mass is 32.1. The molecule has 3 aromatic rings. The molecule has 27 heavy (non-hydrogen) atoms. The monoisotopic (exact) mass is 383 g/mol. The van der Waals surface area contributed by atoms with Crippen LogP contribution in [0.25, 0.3) is 10.6 Å².